The number of fused-ring (bicyclic) bond motifs is 1. The molecule has 6 nitrogen and oxygen atoms in total. The van der Waals surface area contributed by atoms with Gasteiger partial charge < -0.3 is 15.6 Å². The summed E-state index contributed by atoms with van der Waals surface area (Å²) in [6, 6.07) is 7.60. The zero-order valence-corrected chi connectivity index (χ0v) is 12.5. The Balaban J connectivity index is 1.84. The van der Waals surface area contributed by atoms with Gasteiger partial charge in [-0.1, -0.05) is 19.1 Å². The second-order valence-corrected chi connectivity index (χ2v) is 5.16. The Bertz CT molecular complexity index is 659. The molecule has 2 amide bonds. The highest BCUT2D eigenvalue weighted by Gasteiger charge is 2.06. The van der Waals surface area contributed by atoms with E-state index in [2.05, 4.69) is 15.6 Å². The molecule has 0 bridgehead atoms. The van der Waals surface area contributed by atoms with Gasteiger partial charge in [0.1, 0.15) is 0 Å². The van der Waals surface area contributed by atoms with Crippen molar-refractivity contribution in [3.8, 4) is 0 Å². The number of imidazole rings is 1. The van der Waals surface area contributed by atoms with E-state index in [0.717, 1.165) is 17.5 Å². The molecule has 3 N–H and O–H groups in total. The second-order valence-electron chi connectivity index (χ2n) is 5.16. The van der Waals surface area contributed by atoms with Crippen LogP contribution in [-0.2, 0) is 6.54 Å². The molecule has 0 radical (unpaired) electrons. The van der Waals surface area contributed by atoms with Gasteiger partial charge in [-0.05, 0) is 31.9 Å². The molecule has 1 atom stereocenters. The molecule has 6 heteroatoms. The van der Waals surface area contributed by atoms with E-state index in [1.54, 1.807) is 4.57 Å². The van der Waals surface area contributed by atoms with Crippen LogP contribution < -0.4 is 16.3 Å². The topological polar surface area (TPSA) is 78.9 Å². The molecular weight excluding hydrogens is 268 g/mol. The van der Waals surface area contributed by atoms with E-state index in [4.69, 9.17) is 0 Å². The van der Waals surface area contributed by atoms with E-state index in [9.17, 15) is 9.59 Å². The first kappa shape index (κ1) is 15.2. The van der Waals surface area contributed by atoms with Gasteiger partial charge in [-0.2, -0.15) is 0 Å². The molecule has 0 saturated heterocycles. The number of nitrogens with zero attached hydrogens (tertiary/aromatic N) is 1. The Kier molecular flexibility index (Phi) is 5.03. The Morgan fingerprint density at radius 2 is 2.14 bits per heavy atom. The number of hydrogen-bond donors (Lipinski definition) is 3. The normalized spacial score (nSPS) is 12.3. The van der Waals surface area contributed by atoms with Crippen LogP contribution in [0.1, 0.15) is 26.7 Å². The number of nitrogens with one attached hydrogen (secondary N) is 3. The third-order valence-electron chi connectivity index (χ3n) is 3.52. The highest BCUT2D eigenvalue weighted by molar-refractivity contribution is 5.75. The molecule has 2 rings (SSSR count). The summed E-state index contributed by atoms with van der Waals surface area (Å²) in [4.78, 5) is 26.2. The first-order chi connectivity index (χ1) is 10.1. The molecular formula is C15H22N4O2. The van der Waals surface area contributed by atoms with Gasteiger partial charge in [0.2, 0.25) is 0 Å². The fraction of sp³-hybridized carbons (Fsp3) is 0.467. The minimum atomic E-state index is -0.157. The van der Waals surface area contributed by atoms with E-state index in [-0.39, 0.29) is 17.8 Å². The zero-order valence-electron chi connectivity index (χ0n) is 12.5. The van der Waals surface area contributed by atoms with Crippen molar-refractivity contribution in [1.82, 2.24) is 20.2 Å². The fourth-order valence-corrected chi connectivity index (χ4v) is 2.14. The predicted molar refractivity (Wildman–Crippen MR) is 83.5 cm³/mol. The van der Waals surface area contributed by atoms with Gasteiger partial charge in [-0.15, -0.1) is 0 Å². The molecule has 114 valence electrons. The molecule has 0 saturated carbocycles. The van der Waals surface area contributed by atoms with Crippen molar-refractivity contribution >= 4 is 17.1 Å². The summed E-state index contributed by atoms with van der Waals surface area (Å²) >= 11 is 0. The van der Waals surface area contributed by atoms with Crippen LogP contribution in [0.4, 0.5) is 4.79 Å². The number of urea groups is 1. The first-order valence-corrected chi connectivity index (χ1v) is 7.33. The van der Waals surface area contributed by atoms with Gasteiger partial charge in [0.25, 0.3) is 0 Å². The van der Waals surface area contributed by atoms with Crippen molar-refractivity contribution < 1.29 is 4.79 Å². The van der Waals surface area contributed by atoms with E-state index < -0.39 is 0 Å². The lowest BCUT2D eigenvalue weighted by Crippen LogP contribution is -2.41. The number of H-pyrrole nitrogens is 1. The van der Waals surface area contributed by atoms with E-state index >= 15 is 0 Å². The zero-order chi connectivity index (χ0) is 15.2. The summed E-state index contributed by atoms with van der Waals surface area (Å²) in [5.74, 6) is 0. The number of para-hydroxylation sites is 2. The van der Waals surface area contributed by atoms with E-state index in [0.29, 0.717) is 19.5 Å². The molecule has 1 unspecified atom stereocenters. The Morgan fingerprint density at radius 1 is 1.38 bits per heavy atom. The van der Waals surface area contributed by atoms with Crippen LogP contribution in [0.3, 0.4) is 0 Å². The summed E-state index contributed by atoms with van der Waals surface area (Å²) in [6.07, 6.45) is 1.60. The third-order valence-corrected chi connectivity index (χ3v) is 3.52. The Hall–Kier alpha value is -2.24. The average molecular weight is 290 g/mol. The largest absolute Gasteiger partial charge is 0.338 e. The molecule has 0 aliphatic heterocycles. The van der Waals surface area contributed by atoms with Crippen molar-refractivity contribution in [2.24, 2.45) is 0 Å². The minimum Gasteiger partial charge on any atom is -0.338 e. The SMILES string of the molecule is CCC(C)NC(=O)NCCCn1c(=O)[nH]c2ccccc21. The van der Waals surface area contributed by atoms with Crippen LogP contribution in [0.2, 0.25) is 0 Å². The molecule has 1 heterocycles. The first-order valence-electron chi connectivity index (χ1n) is 7.33. The Labute approximate surface area is 123 Å². The molecule has 0 aliphatic rings. The number of amides is 2. The fourth-order valence-electron chi connectivity index (χ4n) is 2.14. The maximum Gasteiger partial charge on any atom is 0.326 e. The number of rotatable bonds is 6. The summed E-state index contributed by atoms with van der Waals surface area (Å²) < 4.78 is 1.70. The monoisotopic (exact) mass is 290 g/mol. The molecule has 0 fully saturated rings. The minimum absolute atomic E-state index is 0.111. The molecule has 0 spiro atoms. The van der Waals surface area contributed by atoms with E-state index in [1.807, 2.05) is 38.1 Å². The number of carbonyl (C=O) groups is 1. The quantitative estimate of drug-likeness (QED) is 0.709. The van der Waals surface area contributed by atoms with Crippen LogP contribution >= 0.6 is 0 Å². The molecule has 1 aromatic heterocycles. The van der Waals surface area contributed by atoms with Crippen molar-refractivity contribution in [3.63, 3.8) is 0 Å². The van der Waals surface area contributed by atoms with Gasteiger partial charge in [0.05, 0.1) is 11.0 Å². The van der Waals surface area contributed by atoms with Crippen LogP contribution in [0.5, 0.6) is 0 Å². The maximum absolute atomic E-state index is 11.9. The van der Waals surface area contributed by atoms with Crippen molar-refractivity contribution in [3.05, 3.63) is 34.7 Å². The lowest BCUT2D eigenvalue weighted by atomic mass is 10.3. The second kappa shape index (κ2) is 6.97. The summed E-state index contributed by atoms with van der Waals surface area (Å²) in [6.45, 7) is 5.10. The summed E-state index contributed by atoms with van der Waals surface area (Å²) in [5, 5.41) is 5.64. The van der Waals surface area contributed by atoms with Crippen molar-refractivity contribution in [2.75, 3.05) is 6.54 Å². The van der Waals surface area contributed by atoms with Gasteiger partial charge in [-0.3, -0.25) is 4.57 Å². The molecule has 1 aromatic carbocycles. The highest BCUT2D eigenvalue weighted by Crippen LogP contribution is 2.08. The third kappa shape index (κ3) is 3.87. The van der Waals surface area contributed by atoms with Crippen LogP contribution in [0, 0.1) is 0 Å². The van der Waals surface area contributed by atoms with E-state index in [1.165, 1.54) is 0 Å². The van der Waals surface area contributed by atoms with Gasteiger partial charge in [0.15, 0.2) is 0 Å². The van der Waals surface area contributed by atoms with Gasteiger partial charge in [-0.25, -0.2) is 9.59 Å². The summed E-state index contributed by atoms with van der Waals surface area (Å²) in [5.41, 5.74) is 1.62. The molecule has 0 aliphatic carbocycles. The Morgan fingerprint density at radius 3 is 2.90 bits per heavy atom. The highest BCUT2D eigenvalue weighted by atomic mass is 16.2. The maximum atomic E-state index is 11.9. The summed E-state index contributed by atoms with van der Waals surface area (Å²) in [7, 11) is 0. The number of aromatic amines is 1. The molecule has 21 heavy (non-hydrogen) atoms. The average Bonchev–Trinajstić information content (AvgIpc) is 2.79. The van der Waals surface area contributed by atoms with Crippen LogP contribution in [0.15, 0.2) is 29.1 Å². The molecule has 2 aromatic rings. The number of aromatic nitrogens is 2. The predicted octanol–water partition coefficient (Wildman–Crippen LogP) is 1.82. The lowest BCUT2D eigenvalue weighted by molar-refractivity contribution is 0.237. The van der Waals surface area contributed by atoms with Crippen molar-refractivity contribution in [1.29, 1.82) is 0 Å². The number of hydrogen-bond acceptors (Lipinski definition) is 2. The van der Waals surface area contributed by atoms with Crippen LogP contribution in [-0.4, -0.2) is 28.2 Å². The number of carbonyl (C=O) groups excluding carboxylic acids is 1. The lowest BCUT2D eigenvalue weighted by Gasteiger charge is -2.12. The van der Waals surface area contributed by atoms with Gasteiger partial charge in [0, 0.05) is 19.1 Å². The van der Waals surface area contributed by atoms with Gasteiger partial charge >= 0.3 is 11.7 Å². The number of benzene rings is 1. The standard InChI is InChI=1S/C15H22N4O2/c1-3-11(2)17-14(20)16-9-6-10-19-13-8-5-4-7-12(13)18-15(19)21/h4-5,7-8,11H,3,6,9-10H2,1-2H3,(H,18,21)(H2,16,17,20). The number of aryl methyl sites for hydroxylation is 1. The van der Waals surface area contributed by atoms with Crippen molar-refractivity contribution in [2.45, 2.75) is 39.3 Å². The van der Waals surface area contributed by atoms with Crippen LogP contribution in [0.25, 0.3) is 11.0 Å². The smallest absolute Gasteiger partial charge is 0.326 e.